The monoisotopic (exact) mass is 336 g/mol. The van der Waals surface area contributed by atoms with Gasteiger partial charge in [-0.05, 0) is 30.0 Å². The van der Waals surface area contributed by atoms with Crippen LogP contribution in [0.25, 0.3) is 6.08 Å². The van der Waals surface area contributed by atoms with Gasteiger partial charge in [0, 0.05) is 11.6 Å². The molecule has 0 bridgehead atoms. The highest BCUT2D eigenvalue weighted by Gasteiger charge is 2.23. The Morgan fingerprint density at radius 2 is 1.50 bits per heavy atom. The van der Waals surface area contributed by atoms with Crippen molar-refractivity contribution < 1.29 is 29.3 Å². The van der Waals surface area contributed by atoms with E-state index in [1.54, 1.807) is 0 Å². The van der Waals surface area contributed by atoms with Crippen LogP contribution in [0.1, 0.15) is 33.3 Å². The molecule has 132 valence electrons. The summed E-state index contributed by atoms with van der Waals surface area (Å²) in [5.41, 5.74) is -0.108. The zero-order valence-corrected chi connectivity index (χ0v) is 14.4. The first kappa shape index (κ1) is 19.5. The van der Waals surface area contributed by atoms with Gasteiger partial charge in [-0.15, -0.1) is 0 Å². The minimum absolute atomic E-state index is 0.115. The lowest BCUT2D eigenvalue weighted by molar-refractivity contribution is -0.148. The van der Waals surface area contributed by atoms with Crippen LogP contribution in [0.15, 0.2) is 23.8 Å². The molecule has 0 spiro atoms. The van der Waals surface area contributed by atoms with Crippen molar-refractivity contribution in [3.63, 3.8) is 0 Å². The molecular formula is C18H24O6. The topological polar surface area (TPSA) is 93.1 Å². The van der Waals surface area contributed by atoms with Crippen LogP contribution >= 0.6 is 0 Å². The highest BCUT2D eigenvalue weighted by molar-refractivity contribution is 6.17. The summed E-state index contributed by atoms with van der Waals surface area (Å²) in [7, 11) is 0. The summed E-state index contributed by atoms with van der Waals surface area (Å²) >= 11 is 0. The summed E-state index contributed by atoms with van der Waals surface area (Å²) in [5, 5.41) is 19.1. The molecule has 0 aromatic heterocycles. The van der Waals surface area contributed by atoms with Crippen LogP contribution < -0.4 is 0 Å². The number of rotatable bonds is 7. The van der Waals surface area contributed by atoms with Crippen molar-refractivity contribution in [2.24, 2.45) is 11.8 Å². The SMILES string of the molecule is CC(C)COC(=O)C(=Cc1ccc(O)cc1O)C(=O)OCC(C)C. The lowest BCUT2D eigenvalue weighted by Gasteiger charge is -2.12. The predicted molar refractivity (Wildman–Crippen MR) is 89.3 cm³/mol. The molecule has 1 aromatic carbocycles. The molecule has 2 N–H and O–H groups in total. The number of phenolic OH excluding ortho intramolecular Hbond substituents is 2. The molecule has 6 heteroatoms. The van der Waals surface area contributed by atoms with E-state index in [2.05, 4.69) is 0 Å². The number of phenols is 2. The van der Waals surface area contributed by atoms with Crippen LogP contribution in [0.2, 0.25) is 0 Å². The van der Waals surface area contributed by atoms with Crippen LogP contribution in [0.3, 0.4) is 0 Å². The fourth-order valence-electron chi connectivity index (χ4n) is 1.65. The first-order chi connectivity index (χ1) is 11.2. The van der Waals surface area contributed by atoms with E-state index in [4.69, 9.17) is 9.47 Å². The molecule has 0 unspecified atom stereocenters. The molecule has 0 aliphatic heterocycles. The van der Waals surface area contributed by atoms with E-state index in [1.807, 2.05) is 27.7 Å². The van der Waals surface area contributed by atoms with Gasteiger partial charge in [0.05, 0.1) is 13.2 Å². The zero-order valence-electron chi connectivity index (χ0n) is 14.4. The van der Waals surface area contributed by atoms with Crippen molar-refractivity contribution in [2.45, 2.75) is 27.7 Å². The molecule has 1 aromatic rings. The molecule has 0 radical (unpaired) electrons. The highest BCUT2D eigenvalue weighted by atomic mass is 16.6. The molecule has 0 aliphatic carbocycles. The van der Waals surface area contributed by atoms with E-state index in [9.17, 15) is 19.8 Å². The summed E-state index contributed by atoms with van der Waals surface area (Å²) in [6.45, 7) is 7.82. The summed E-state index contributed by atoms with van der Waals surface area (Å²) in [4.78, 5) is 24.4. The van der Waals surface area contributed by atoms with Gasteiger partial charge in [-0.3, -0.25) is 0 Å². The highest BCUT2D eigenvalue weighted by Crippen LogP contribution is 2.25. The number of carbonyl (C=O) groups excluding carboxylic acids is 2. The van der Waals surface area contributed by atoms with Crippen LogP contribution in [0.4, 0.5) is 0 Å². The van der Waals surface area contributed by atoms with Gasteiger partial charge in [0.2, 0.25) is 0 Å². The van der Waals surface area contributed by atoms with Gasteiger partial charge in [0.15, 0.2) is 0 Å². The molecule has 0 heterocycles. The average molecular weight is 336 g/mol. The second-order valence-corrected chi connectivity index (χ2v) is 6.29. The average Bonchev–Trinajstić information content (AvgIpc) is 2.49. The number of esters is 2. The third kappa shape index (κ3) is 6.32. The molecule has 24 heavy (non-hydrogen) atoms. The molecule has 0 atom stereocenters. The van der Waals surface area contributed by atoms with Crippen LogP contribution in [-0.2, 0) is 19.1 Å². The Labute approximate surface area is 141 Å². The minimum Gasteiger partial charge on any atom is -0.508 e. The quantitative estimate of drug-likeness (QED) is 0.344. The van der Waals surface area contributed by atoms with E-state index in [0.29, 0.717) is 0 Å². The van der Waals surface area contributed by atoms with Crippen LogP contribution in [0.5, 0.6) is 11.5 Å². The summed E-state index contributed by atoms with van der Waals surface area (Å²) in [6.07, 6.45) is 1.19. The number of aromatic hydroxyl groups is 2. The molecule has 1 rings (SSSR count). The Morgan fingerprint density at radius 3 is 1.92 bits per heavy atom. The molecule has 0 aliphatic rings. The molecule has 0 fully saturated rings. The van der Waals surface area contributed by atoms with Gasteiger partial charge >= 0.3 is 11.9 Å². The fourth-order valence-corrected chi connectivity index (χ4v) is 1.65. The number of hydrogen-bond acceptors (Lipinski definition) is 6. The maximum Gasteiger partial charge on any atom is 0.345 e. The third-order valence-electron chi connectivity index (χ3n) is 2.85. The summed E-state index contributed by atoms with van der Waals surface area (Å²) < 4.78 is 10.2. The van der Waals surface area contributed by atoms with Gasteiger partial charge < -0.3 is 19.7 Å². The predicted octanol–water partition coefficient (Wildman–Crippen LogP) is 2.88. The van der Waals surface area contributed by atoms with Crippen molar-refractivity contribution in [3.8, 4) is 11.5 Å². The van der Waals surface area contributed by atoms with Crippen molar-refractivity contribution in [3.05, 3.63) is 29.3 Å². The molecule has 6 nitrogen and oxygen atoms in total. The molecule has 0 amide bonds. The van der Waals surface area contributed by atoms with Gasteiger partial charge in [0.25, 0.3) is 0 Å². The second-order valence-electron chi connectivity index (χ2n) is 6.29. The van der Waals surface area contributed by atoms with Gasteiger partial charge in [-0.25, -0.2) is 9.59 Å². The van der Waals surface area contributed by atoms with E-state index in [-0.39, 0.29) is 47.7 Å². The zero-order chi connectivity index (χ0) is 18.3. The van der Waals surface area contributed by atoms with E-state index < -0.39 is 11.9 Å². The first-order valence-electron chi connectivity index (χ1n) is 7.78. The van der Waals surface area contributed by atoms with Gasteiger partial charge in [-0.2, -0.15) is 0 Å². The first-order valence-corrected chi connectivity index (χ1v) is 7.78. The standard InChI is InChI=1S/C18H24O6/c1-11(2)9-23-17(21)15(18(22)24-10-12(3)4)7-13-5-6-14(19)8-16(13)20/h5-8,11-12,19-20H,9-10H2,1-4H3. The largest absolute Gasteiger partial charge is 0.508 e. The maximum atomic E-state index is 12.2. The van der Waals surface area contributed by atoms with Crippen molar-refractivity contribution in [2.75, 3.05) is 13.2 Å². The molecule has 0 saturated carbocycles. The summed E-state index contributed by atoms with van der Waals surface area (Å²) in [6, 6.07) is 3.83. The van der Waals surface area contributed by atoms with E-state index in [1.165, 1.54) is 18.2 Å². The van der Waals surface area contributed by atoms with Crippen molar-refractivity contribution >= 4 is 18.0 Å². The Bertz CT molecular complexity index is 590. The normalized spacial score (nSPS) is 10.6. The molecule has 0 saturated heterocycles. The number of benzene rings is 1. The van der Waals surface area contributed by atoms with Crippen molar-refractivity contribution in [1.82, 2.24) is 0 Å². The number of ether oxygens (including phenoxy) is 2. The van der Waals surface area contributed by atoms with Crippen molar-refractivity contribution in [1.29, 1.82) is 0 Å². The second kappa shape index (κ2) is 8.96. The van der Waals surface area contributed by atoms with Crippen LogP contribution in [0, 0.1) is 11.8 Å². The van der Waals surface area contributed by atoms with E-state index >= 15 is 0 Å². The lowest BCUT2D eigenvalue weighted by Crippen LogP contribution is -2.21. The fraction of sp³-hybridized carbons (Fsp3) is 0.444. The Morgan fingerprint density at radius 1 is 1.00 bits per heavy atom. The Hall–Kier alpha value is -2.50. The number of carbonyl (C=O) groups is 2. The summed E-state index contributed by atoms with van der Waals surface area (Å²) in [5.74, 6) is -1.79. The Balaban J connectivity index is 3.09. The maximum absolute atomic E-state index is 12.2. The smallest absolute Gasteiger partial charge is 0.345 e. The van der Waals surface area contributed by atoms with Crippen LogP contribution in [-0.4, -0.2) is 35.4 Å². The third-order valence-corrected chi connectivity index (χ3v) is 2.85. The van der Waals surface area contributed by atoms with E-state index in [0.717, 1.165) is 6.07 Å². The minimum atomic E-state index is -0.815. The Kier molecular flexibility index (Phi) is 7.30. The van der Waals surface area contributed by atoms with Gasteiger partial charge in [-0.1, -0.05) is 27.7 Å². The van der Waals surface area contributed by atoms with Gasteiger partial charge in [0.1, 0.15) is 17.1 Å². The lowest BCUT2D eigenvalue weighted by atomic mass is 10.1. The number of hydrogen-bond donors (Lipinski definition) is 2. The molecular weight excluding hydrogens is 312 g/mol.